The molecule has 2 atom stereocenters. The monoisotopic (exact) mass is 324 g/mol. The van der Waals surface area contributed by atoms with Crippen LogP contribution in [-0.2, 0) is 20.7 Å². The van der Waals surface area contributed by atoms with Crippen molar-refractivity contribution in [1.29, 1.82) is 0 Å². The maximum absolute atomic E-state index is 12.4. The van der Waals surface area contributed by atoms with E-state index in [-0.39, 0.29) is 12.1 Å². The third kappa shape index (κ3) is 4.53. The van der Waals surface area contributed by atoms with Gasteiger partial charge < -0.3 is 9.47 Å². The van der Waals surface area contributed by atoms with E-state index >= 15 is 0 Å². The van der Waals surface area contributed by atoms with Gasteiger partial charge in [-0.25, -0.2) is 0 Å². The molecular weight excluding hydrogens is 300 g/mol. The Bertz CT molecular complexity index is 653. The summed E-state index contributed by atoms with van der Waals surface area (Å²) in [7, 11) is 0. The minimum absolute atomic E-state index is 0.245. The van der Waals surface area contributed by atoms with Crippen LogP contribution in [0.1, 0.15) is 43.6 Å². The number of carbonyl (C=O) groups is 1. The highest BCUT2D eigenvalue weighted by molar-refractivity contribution is 5.79. The van der Waals surface area contributed by atoms with Crippen LogP contribution in [0.4, 0.5) is 0 Å². The van der Waals surface area contributed by atoms with E-state index in [1.165, 1.54) is 5.56 Å². The zero-order valence-corrected chi connectivity index (χ0v) is 14.1. The highest BCUT2D eigenvalue weighted by Crippen LogP contribution is 2.35. The summed E-state index contributed by atoms with van der Waals surface area (Å²) in [5.74, 6) is 0.245. The van der Waals surface area contributed by atoms with Gasteiger partial charge in [-0.2, -0.15) is 0 Å². The van der Waals surface area contributed by atoms with Crippen molar-refractivity contribution in [2.24, 2.45) is 0 Å². The van der Waals surface area contributed by atoms with Crippen LogP contribution in [0.25, 0.3) is 0 Å². The molecule has 0 bridgehead atoms. The number of Topliss-reactive ketones (excluding diaryl/α,β-unsaturated/α-hetero) is 1. The molecule has 0 spiro atoms. The Morgan fingerprint density at radius 1 is 1.08 bits per heavy atom. The number of rotatable bonds is 6. The second-order valence-electron chi connectivity index (χ2n) is 6.63. The average Bonchev–Trinajstić information content (AvgIpc) is 2.61. The van der Waals surface area contributed by atoms with Crippen LogP contribution < -0.4 is 0 Å². The van der Waals surface area contributed by atoms with Crippen molar-refractivity contribution in [2.75, 3.05) is 6.61 Å². The van der Waals surface area contributed by atoms with E-state index < -0.39 is 5.60 Å². The molecule has 1 fully saturated rings. The Hall–Kier alpha value is -1.97. The van der Waals surface area contributed by atoms with E-state index in [1.54, 1.807) is 0 Å². The topological polar surface area (TPSA) is 35.5 Å². The van der Waals surface area contributed by atoms with Gasteiger partial charge in [-0.05, 0) is 18.9 Å². The van der Waals surface area contributed by atoms with Gasteiger partial charge in [0.2, 0.25) is 0 Å². The van der Waals surface area contributed by atoms with E-state index in [0.29, 0.717) is 19.4 Å². The first-order chi connectivity index (χ1) is 11.6. The molecule has 0 saturated carbocycles. The van der Waals surface area contributed by atoms with Gasteiger partial charge in [0.05, 0.1) is 12.2 Å². The Balaban J connectivity index is 1.56. The molecule has 2 unspecified atom stereocenters. The van der Waals surface area contributed by atoms with Crippen LogP contribution in [0.2, 0.25) is 0 Å². The van der Waals surface area contributed by atoms with Gasteiger partial charge in [0.1, 0.15) is 5.78 Å². The average molecular weight is 324 g/mol. The third-order valence-corrected chi connectivity index (χ3v) is 4.47. The zero-order valence-electron chi connectivity index (χ0n) is 14.1. The molecule has 2 aromatic carbocycles. The van der Waals surface area contributed by atoms with E-state index in [4.69, 9.17) is 9.47 Å². The van der Waals surface area contributed by atoms with Crippen LogP contribution in [0.15, 0.2) is 60.7 Å². The minimum Gasteiger partial charge on any atom is -0.348 e. The Kier molecular flexibility index (Phi) is 5.44. The number of carbonyl (C=O) groups excluding carboxylic acids is 1. The van der Waals surface area contributed by atoms with Crippen molar-refractivity contribution in [1.82, 2.24) is 0 Å². The van der Waals surface area contributed by atoms with E-state index in [2.05, 4.69) is 12.1 Å². The van der Waals surface area contributed by atoms with E-state index in [9.17, 15) is 4.79 Å². The van der Waals surface area contributed by atoms with Crippen molar-refractivity contribution >= 4 is 5.78 Å². The van der Waals surface area contributed by atoms with Gasteiger partial charge in [0.15, 0.2) is 6.29 Å². The Labute approximate surface area is 143 Å². The molecule has 0 aliphatic carbocycles. The molecule has 3 nitrogen and oxygen atoms in total. The molecule has 1 heterocycles. The second-order valence-corrected chi connectivity index (χ2v) is 6.63. The maximum atomic E-state index is 12.4. The summed E-state index contributed by atoms with van der Waals surface area (Å²) < 4.78 is 11.9. The molecule has 0 N–H and O–H groups in total. The standard InChI is InChI=1S/C21H24O3/c1-21(16-19(22)13-12-17-8-4-2-5-9-17)14-15-23-20(24-21)18-10-6-3-7-11-18/h2-11,20H,12-16H2,1H3. The summed E-state index contributed by atoms with van der Waals surface area (Å²) in [6, 6.07) is 20.0. The van der Waals surface area contributed by atoms with Crippen LogP contribution in [0.3, 0.4) is 0 Å². The summed E-state index contributed by atoms with van der Waals surface area (Å²) in [6.45, 7) is 2.63. The first kappa shape index (κ1) is 16.9. The highest BCUT2D eigenvalue weighted by atomic mass is 16.7. The lowest BCUT2D eigenvalue weighted by Crippen LogP contribution is -2.39. The lowest BCUT2D eigenvalue weighted by atomic mass is 9.92. The molecule has 2 aromatic rings. The largest absolute Gasteiger partial charge is 0.348 e. The summed E-state index contributed by atoms with van der Waals surface area (Å²) in [6.07, 6.45) is 2.14. The van der Waals surface area contributed by atoms with Crippen LogP contribution in [0.5, 0.6) is 0 Å². The Morgan fingerprint density at radius 3 is 2.46 bits per heavy atom. The maximum Gasteiger partial charge on any atom is 0.184 e. The first-order valence-corrected chi connectivity index (χ1v) is 8.55. The smallest absolute Gasteiger partial charge is 0.184 e. The second kappa shape index (κ2) is 7.73. The van der Waals surface area contributed by atoms with Crippen molar-refractivity contribution in [2.45, 2.75) is 44.5 Å². The summed E-state index contributed by atoms with van der Waals surface area (Å²) >= 11 is 0. The van der Waals surface area contributed by atoms with Crippen molar-refractivity contribution in [3.05, 3.63) is 71.8 Å². The number of hydrogen-bond acceptors (Lipinski definition) is 3. The molecule has 24 heavy (non-hydrogen) atoms. The molecule has 126 valence electrons. The predicted molar refractivity (Wildman–Crippen MR) is 93.6 cm³/mol. The Morgan fingerprint density at radius 2 is 1.75 bits per heavy atom. The number of aryl methyl sites for hydroxylation is 1. The number of hydrogen-bond donors (Lipinski definition) is 0. The summed E-state index contributed by atoms with van der Waals surface area (Å²) in [5, 5.41) is 0. The van der Waals surface area contributed by atoms with E-state index in [0.717, 1.165) is 18.4 Å². The van der Waals surface area contributed by atoms with Crippen molar-refractivity contribution < 1.29 is 14.3 Å². The minimum atomic E-state index is -0.452. The number of ketones is 1. The molecule has 0 radical (unpaired) electrons. The molecular formula is C21H24O3. The SMILES string of the molecule is CC1(CC(=O)CCc2ccccc2)CCOC(c2ccccc2)O1. The lowest BCUT2D eigenvalue weighted by molar-refractivity contribution is -0.255. The fourth-order valence-electron chi connectivity index (χ4n) is 3.07. The molecule has 3 heteroatoms. The molecule has 3 rings (SSSR count). The quantitative estimate of drug-likeness (QED) is 0.786. The van der Waals surface area contributed by atoms with Gasteiger partial charge in [-0.1, -0.05) is 60.7 Å². The van der Waals surface area contributed by atoms with Crippen molar-refractivity contribution in [3.63, 3.8) is 0 Å². The van der Waals surface area contributed by atoms with E-state index in [1.807, 2.05) is 55.5 Å². The number of ether oxygens (including phenoxy) is 2. The van der Waals surface area contributed by atoms with Crippen LogP contribution >= 0.6 is 0 Å². The van der Waals surface area contributed by atoms with Crippen molar-refractivity contribution in [3.8, 4) is 0 Å². The molecule has 0 amide bonds. The van der Waals surface area contributed by atoms with Gasteiger partial charge in [-0.3, -0.25) is 4.79 Å². The predicted octanol–water partition coefficient (Wildman–Crippen LogP) is 4.47. The highest BCUT2D eigenvalue weighted by Gasteiger charge is 2.36. The molecule has 1 aliphatic rings. The van der Waals surface area contributed by atoms with Gasteiger partial charge in [-0.15, -0.1) is 0 Å². The first-order valence-electron chi connectivity index (χ1n) is 8.55. The molecule has 1 saturated heterocycles. The third-order valence-electron chi connectivity index (χ3n) is 4.47. The van der Waals surface area contributed by atoms with Crippen LogP contribution in [0, 0.1) is 0 Å². The van der Waals surface area contributed by atoms with Gasteiger partial charge in [0.25, 0.3) is 0 Å². The lowest BCUT2D eigenvalue weighted by Gasteiger charge is -2.38. The zero-order chi connectivity index (χ0) is 16.8. The van der Waals surface area contributed by atoms with Crippen LogP contribution in [-0.4, -0.2) is 18.0 Å². The normalized spacial score (nSPS) is 23.8. The van der Waals surface area contributed by atoms with Gasteiger partial charge in [0, 0.05) is 24.8 Å². The summed E-state index contributed by atoms with van der Waals surface area (Å²) in [4.78, 5) is 12.4. The fourth-order valence-corrected chi connectivity index (χ4v) is 3.07. The fraction of sp³-hybridized carbons (Fsp3) is 0.381. The number of benzene rings is 2. The molecule has 1 aliphatic heterocycles. The molecule has 0 aromatic heterocycles. The van der Waals surface area contributed by atoms with Gasteiger partial charge >= 0.3 is 0 Å². The summed E-state index contributed by atoms with van der Waals surface area (Å²) in [5.41, 5.74) is 1.75.